The summed E-state index contributed by atoms with van der Waals surface area (Å²) in [5, 5.41) is 4.21. The molecule has 6 nitrogen and oxygen atoms in total. The van der Waals surface area contributed by atoms with Crippen molar-refractivity contribution in [2.75, 3.05) is 7.05 Å². The lowest BCUT2D eigenvalue weighted by atomic mass is 10.2. The molecule has 0 saturated heterocycles. The van der Waals surface area contributed by atoms with Gasteiger partial charge < -0.3 is 9.47 Å². The zero-order chi connectivity index (χ0) is 17.1. The van der Waals surface area contributed by atoms with E-state index in [1.54, 1.807) is 17.3 Å². The van der Waals surface area contributed by atoms with Crippen LogP contribution in [0.15, 0.2) is 55.1 Å². The summed E-state index contributed by atoms with van der Waals surface area (Å²) in [6.45, 7) is 4.36. The van der Waals surface area contributed by atoms with Crippen LogP contribution in [0.3, 0.4) is 0 Å². The fraction of sp³-hybridized carbons (Fsp3) is 0.278. The van der Waals surface area contributed by atoms with Crippen LogP contribution in [0.2, 0.25) is 0 Å². The van der Waals surface area contributed by atoms with Crippen LogP contribution in [0.1, 0.15) is 24.4 Å². The molecule has 0 spiro atoms. The van der Waals surface area contributed by atoms with Crippen molar-refractivity contribution in [3.63, 3.8) is 0 Å². The number of hydrogen-bond donors (Lipinski definition) is 0. The summed E-state index contributed by atoms with van der Waals surface area (Å²) in [7, 11) is 1.83. The number of benzene rings is 1. The van der Waals surface area contributed by atoms with Crippen molar-refractivity contribution in [3.05, 3.63) is 66.5 Å². The minimum Gasteiger partial charge on any atom is -0.340 e. The van der Waals surface area contributed by atoms with Crippen LogP contribution in [0.5, 0.6) is 0 Å². The molecular weight excluding hydrogens is 302 g/mol. The minimum atomic E-state index is -0.263. The highest BCUT2D eigenvalue weighted by molar-refractivity contribution is 5.79. The molecule has 0 N–H and O–H groups in total. The van der Waals surface area contributed by atoms with E-state index in [0.29, 0.717) is 6.54 Å². The largest absolute Gasteiger partial charge is 0.340 e. The van der Waals surface area contributed by atoms with E-state index in [4.69, 9.17) is 0 Å². The standard InChI is InChI=1S/C18H21N5O/c1-14(22-12-10-19-15(22)2)18(24)21(3)13-16-5-7-17(8-6-16)23-11-4-9-20-23/h4-12,14H,13H2,1-3H3. The Morgan fingerprint density at radius 1 is 1.21 bits per heavy atom. The Labute approximate surface area is 141 Å². The SMILES string of the molecule is Cc1nccn1C(C)C(=O)N(C)Cc1ccc(-n2cccn2)cc1. The van der Waals surface area contributed by atoms with Crippen LogP contribution in [0.4, 0.5) is 0 Å². The molecule has 3 rings (SSSR count). The second-order valence-corrected chi connectivity index (χ2v) is 5.87. The van der Waals surface area contributed by atoms with Gasteiger partial charge in [0.1, 0.15) is 11.9 Å². The van der Waals surface area contributed by atoms with Crippen molar-refractivity contribution in [2.45, 2.75) is 26.4 Å². The second kappa shape index (κ2) is 6.70. The lowest BCUT2D eigenvalue weighted by molar-refractivity contribution is -0.133. The van der Waals surface area contributed by atoms with Crippen LogP contribution >= 0.6 is 0 Å². The van der Waals surface area contributed by atoms with E-state index < -0.39 is 0 Å². The van der Waals surface area contributed by atoms with Gasteiger partial charge in [0.2, 0.25) is 5.91 Å². The first kappa shape index (κ1) is 16.0. The van der Waals surface area contributed by atoms with Crippen LogP contribution < -0.4 is 0 Å². The molecule has 3 aromatic rings. The molecule has 2 heterocycles. The normalized spacial score (nSPS) is 12.1. The zero-order valence-electron chi connectivity index (χ0n) is 14.1. The molecule has 0 aliphatic carbocycles. The van der Waals surface area contributed by atoms with Gasteiger partial charge in [-0.15, -0.1) is 0 Å². The van der Waals surface area contributed by atoms with Crippen molar-refractivity contribution in [3.8, 4) is 5.69 Å². The number of imidazole rings is 1. The quantitative estimate of drug-likeness (QED) is 0.725. The number of likely N-dealkylation sites (N-methyl/N-ethyl adjacent to an activating group) is 1. The van der Waals surface area contributed by atoms with E-state index in [1.165, 1.54) is 0 Å². The highest BCUT2D eigenvalue weighted by atomic mass is 16.2. The molecule has 124 valence electrons. The maximum absolute atomic E-state index is 12.6. The smallest absolute Gasteiger partial charge is 0.245 e. The molecule has 2 aromatic heterocycles. The average Bonchev–Trinajstić information content (AvgIpc) is 3.25. The van der Waals surface area contributed by atoms with E-state index in [9.17, 15) is 4.79 Å². The third-order valence-corrected chi connectivity index (χ3v) is 4.14. The summed E-state index contributed by atoms with van der Waals surface area (Å²) in [6.07, 6.45) is 7.21. The average molecular weight is 323 g/mol. The summed E-state index contributed by atoms with van der Waals surface area (Å²) in [5.41, 5.74) is 2.08. The molecule has 24 heavy (non-hydrogen) atoms. The fourth-order valence-corrected chi connectivity index (χ4v) is 2.76. The van der Waals surface area contributed by atoms with Gasteiger partial charge in [-0.25, -0.2) is 9.67 Å². The number of hydrogen-bond acceptors (Lipinski definition) is 3. The van der Waals surface area contributed by atoms with Crippen molar-refractivity contribution in [2.24, 2.45) is 0 Å². The monoisotopic (exact) mass is 323 g/mol. The van der Waals surface area contributed by atoms with E-state index in [0.717, 1.165) is 17.1 Å². The van der Waals surface area contributed by atoms with E-state index in [-0.39, 0.29) is 11.9 Å². The third-order valence-electron chi connectivity index (χ3n) is 4.14. The topological polar surface area (TPSA) is 56.0 Å². The van der Waals surface area contributed by atoms with Crippen molar-refractivity contribution in [1.29, 1.82) is 0 Å². The lowest BCUT2D eigenvalue weighted by Gasteiger charge is -2.23. The van der Waals surface area contributed by atoms with Gasteiger partial charge in [-0.2, -0.15) is 5.10 Å². The summed E-state index contributed by atoms with van der Waals surface area (Å²) in [5.74, 6) is 0.903. The number of amides is 1. The molecule has 1 atom stereocenters. The van der Waals surface area contributed by atoms with Gasteiger partial charge in [0.15, 0.2) is 0 Å². The van der Waals surface area contributed by atoms with E-state index in [2.05, 4.69) is 10.1 Å². The Bertz CT molecular complexity index is 804. The van der Waals surface area contributed by atoms with Crippen LogP contribution in [-0.4, -0.2) is 37.2 Å². The summed E-state index contributed by atoms with van der Waals surface area (Å²) in [6, 6.07) is 9.68. The number of carbonyl (C=O) groups is 1. The molecule has 1 unspecified atom stereocenters. The number of rotatable bonds is 5. The Balaban J connectivity index is 1.67. The summed E-state index contributed by atoms with van der Waals surface area (Å²) in [4.78, 5) is 18.5. The Morgan fingerprint density at radius 2 is 1.96 bits per heavy atom. The van der Waals surface area contributed by atoms with E-state index in [1.807, 2.05) is 72.9 Å². The molecule has 0 fully saturated rings. The Morgan fingerprint density at radius 3 is 2.54 bits per heavy atom. The molecule has 6 heteroatoms. The lowest BCUT2D eigenvalue weighted by Crippen LogP contribution is -2.32. The zero-order valence-corrected chi connectivity index (χ0v) is 14.1. The van der Waals surface area contributed by atoms with Crippen molar-refractivity contribution in [1.82, 2.24) is 24.2 Å². The first-order valence-electron chi connectivity index (χ1n) is 7.89. The first-order valence-corrected chi connectivity index (χ1v) is 7.89. The highest BCUT2D eigenvalue weighted by Gasteiger charge is 2.20. The van der Waals surface area contributed by atoms with Gasteiger partial charge in [0.25, 0.3) is 0 Å². The molecule has 0 saturated carbocycles. The number of carbonyl (C=O) groups excluding carboxylic acids is 1. The number of aromatic nitrogens is 4. The minimum absolute atomic E-state index is 0.0623. The molecule has 0 bridgehead atoms. The van der Waals surface area contributed by atoms with Crippen LogP contribution in [-0.2, 0) is 11.3 Å². The maximum Gasteiger partial charge on any atom is 0.245 e. The van der Waals surface area contributed by atoms with Gasteiger partial charge in [-0.1, -0.05) is 12.1 Å². The van der Waals surface area contributed by atoms with Gasteiger partial charge in [0.05, 0.1) is 5.69 Å². The number of aryl methyl sites for hydroxylation is 1. The molecule has 0 radical (unpaired) electrons. The third kappa shape index (κ3) is 3.22. The van der Waals surface area contributed by atoms with Crippen molar-refractivity contribution >= 4 is 5.91 Å². The van der Waals surface area contributed by atoms with Gasteiger partial charge >= 0.3 is 0 Å². The highest BCUT2D eigenvalue weighted by Crippen LogP contribution is 2.15. The molecular formula is C18H21N5O. The van der Waals surface area contributed by atoms with Gasteiger partial charge in [-0.05, 0) is 37.6 Å². The predicted octanol–water partition coefficient (Wildman–Crippen LogP) is 2.60. The van der Waals surface area contributed by atoms with Gasteiger partial charge in [-0.3, -0.25) is 4.79 Å². The predicted molar refractivity (Wildman–Crippen MR) is 91.7 cm³/mol. The van der Waals surface area contributed by atoms with E-state index >= 15 is 0 Å². The second-order valence-electron chi connectivity index (χ2n) is 5.87. The number of nitrogens with zero attached hydrogens (tertiary/aromatic N) is 5. The van der Waals surface area contributed by atoms with Crippen molar-refractivity contribution < 1.29 is 4.79 Å². The summed E-state index contributed by atoms with van der Waals surface area (Å²) >= 11 is 0. The Kier molecular flexibility index (Phi) is 4.46. The molecule has 1 aromatic carbocycles. The molecule has 0 aliphatic rings. The Hall–Kier alpha value is -2.89. The van der Waals surface area contributed by atoms with Crippen LogP contribution in [0, 0.1) is 6.92 Å². The van der Waals surface area contributed by atoms with Crippen LogP contribution in [0.25, 0.3) is 5.69 Å². The molecule has 0 aliphatic heterocycles. The van der Waals surface area contributed by atoms with Gasteiger partial charge in [0, 0.05) is 38.4 Å². The first-order chi connectivity index (χ1) is 11.6. The fourth-order valence-electron chi connectivity index (χ4n) is 2.76. The maximum atomic E-state index is 12.6. The summed E-state index contributed by atoms with van der Waals surface area (Å²) < 4.78 is 3.70. The molecule has 1 amide bonds.